The molecule has 9 nitrogen and oxygen atoms in total. The maximum absolute atomic E-state index is 12.7. The van der Waals surface area contributed by atoms with Crippen molar-refractivity contribution in [1.82, 2.24) is 0 Å². The van der Waals surface area contributed by atoms with Crippen LogP contribution in [0.25, 0.3) is 0 Å². The van der Waals surface area contributed by atoms with Crippen LogP contribution in [0.15, 0.2) is 60.8 Å². The number of carbonyl (C=O) groups is 2. The second-order valence-corrected chi connectivity index (χ2v) is 19.3. The maximum atomic E-state index is 12.7. The molecule has 0 spiro atoms. The first-order valence-electron chi connectivity index (χ1n) is 25.0. The lowest BCUT2D eigenvalue weighted by molar-refractivity contribution is -0.870. The van der Waals surface area contributed by atoms with E-state index in [0.717, 1.165) is 44.9 Å². The Balaban J connectivity index is 4.34. The van der Waals surface area contributed by atoms with E-state index in [4.69, 9.17) is 18.5 Å². The minimum atomic E-state index is -4.39. The van der Waals surface area contributed by atoms with E-state index >= 15 is 0 Å². The van der Waals surface area contributed by atoms with Gasteiger partial charge >= 0.3 is 19.8 Å². The number of ether oxygens (including phenoxy) is 2. The fourth-order valence-corrected chi connectivity index (χ4v) is 7.33. The number of quaternary nitrogens is 1. The largest absolute Gasteiger partial charge is 0.472 e. The number of esters is 2. The number of phosphoric ester groups is 1. The first-order chi connectivity index (χ1) is 30.0. The first kappa shape index (κ1) is 59.7. The predicted octanol–water partition coefficient (Wildman–Crippen LogP) is 14.8. The van der Waals surface area contributed by atoms with Crippen molar-refractivity contribution < 1.29 is 42.1 Å². The van der Waals surface area contributed by atoms with Gasteiger partial charge in [0, 0.05) is 12.8 Å². The van der Waals surface area contributed by atoms with E-state index in [-0.39, 0.29) is 26.1 Å². The van der Waals surface area contributed by atoms with Crippen LogP contribution in [0.1, 0.15) is 206 Å². The number of carbonyl (C=O) groups excluding carboxylic acids is 2. The lowest BCUT2D eigenvalue weighted by atomic mass is 10.0. The van der Waals surface area contributed by atoms with Gasteiger partial charge in [0.05, 0.1) is 27.7 Å². The highest BCUT2D eigenvalue weighted by Gasteiger charge is 2.27. The lowest BCUT2D eigenvalue weighted by Crippen LogP contribution is -2.37. The summed E-state index contributed by atoms with van der Waals surface area (Å²) in [6, 6.07) is 0. The van der Waals surface area contributed by atoms with Gasteiger partial charge in [0.25, 0.3) is 0 Å². The highest BCUT2D eigenvalue weighted by Crippen LogP contribution is 2.43. The molecule has 1 N–H and O–H groups in total. The van der Waals surface area contributed by atoms with Crippen LogP contribution >= 0.6 is 7.82 Å². The van der Waals surface area contributed by atoms with Gasteiger partial charge in [-0.1, -0.05) is 177 Å². The van der Waals surface area contributed by atoms with Crippen LogP contribution in [0.4, 0.5) is 0 Å². The Morgan fingerprint density at radius 1 is 0.500 bits per heavy atom. The van der Waals surface area contributed by atoms with Crippen LogP contribution in [-0.4, -0.2) is 74.9 Å². The first-order valence-corrected chi connectivity index (χ1v) is 26.5. The molecule has 1 unspecified atom stereocenters. The SMILES string of the molecule is CCCCC/C=C\C/C=C\C/C=C\C/C=C\CCCC(=O)OC[C@H](COP(=O)(O)OCC[N+](C)(C)C)OC(=O)CCCCCCCCCCCCC/C=C\CCCCCCCC. The van der Waals surface area contributed by atoms with Crippen LogP contribution in [0, 0.1) is 0 Å². The summed E-state index contributed by atoms with van der Waals surface area (Å²) in [5.41, 5.74) is 0. The van der Waals surface area contributed by atoms with Gasteiger partial charge in [0.15, 0.2) is 6.10 Å². The summed E-state index contributed by atoms with van der Waals surface area (Å²) in [6.45, 7) is 4.34. The Kier molecular flexibility index (Phi) is 42.3. The normalized spacial score (nSPS) is 14.0. The number of phosphoric acid groups is 1. The molecule has 0 heterocycles. The number of hydrogen-bond acceptors (Lipinski definition) is 7. The van der Waals surface area contributed by atoms with Gasteiger partial charge in [-0.15, -0.1) is 0 Å². The highest BCUT2D eigenvalue weighted by molar-refractivity contribution is 7.47. The Labute approximate surface area is 381 Å². The van der Waals surface area contributed by atoms with Crippen LogP contribution in [0.2, 0.25) is 0 Å². The van der Waals surface area contributed by atoms with Gasteiger partial charge < -0.3 is 18.9 Å². The summed E-state index contributed by atoms with van der Waals surface area (Å²) in [5, 5.41) is 0. The van der Waals surface area contributed by atoms with E-state index in [9.17, 15) is 19.0 Å². The molecular formula is C52H95NO8P+. The number of nitrogens with zero attached hydrogens (tertiary/aromatic N) is 1. The number of rotatable bonds is 45. The number of likely N-dealkylation sites (N-methyl/N-ethyl adjacent to an activating group) is 1. The molecular weight excluding hydrogens is 798 g/mol. The van der Waals surface area contributed by atoms with E-state index in [1.54, 1.807) is 0 Å². The molecule has 0 bridgehead atoms. The second kappa shape index (κ2) is 43.9. The molecule has 0 aliphatic carbocycles. The Hall–Kier alpha value is -2.29. The third-order valence-corrected chi connectivity index (χ3v) is 11.5. The number of unbranched alkanes of at least 4 members (excludes halogenated alkanes) is 21. The molecule has 0 rings (SSSR count). The molecule has 0 saturated heterocycles. The minimum absolute atomic E-state index is 0.0215. The molecule has 62 heavy (non-hydrogen) atoms. The van der Waals surface area contributed by atoms with Gasteiger partial charge in [-0.05, 0) is 77.0 Å². The van der Waals surface area contributed by atoms with Crippen LogP contribution in [0.5, 0.6) is 0 Å². The monoisotopic (exact) mass is 893 g/mol. The molecule has 0 aromatic rings. The zero-order chi connectivity index (χ0) is 45.7. The summed E-state index contributed by atoms with van der Waals surface area (Å²) in [7, 11) is 1.44. The molecule has 0 radical (unpaired) electrons. The molecule has 0 aromatic heterocycles. The minimum Gasteiger partial charge on any atom is -0.462 e. The molecule has 0 aliphatic rings. The average Bonchev–Trinajstić information content (AvgIpc) is 3.23. The third kappa shape index (κ3) is 47.2. The van der Waals surface area contributed by atoms with Crippen molar-refractivity contribution in [3.63, 3.8) is 0 Å². The fraction of sp³-hybridized carbons (Fsp3) is 0.769. The average molecular weight is 893 g/mol. The lowest BCUT2D eigenvalue weighted by Gasteiger charge is -2.24. The van der Waals surface area contributed by atoms with E-state index in [1.165, 1.54) is 122 Å². The molecule has 0 amide bonds. The van der Waals surface area contributed by atoms with Gasteiger partial charge in [-0.2, -0.15) is 0 Å². The zero-order valence-corrected chi connectivity index (χ0v) is 41.5. The Morgan fingerprint density at radius 2 is 0.887 bits per heavy atom. The van der Waals surface area contributed by atoms with Crippen LogP contribution in [0.3, 0.4) is 0 Å². The number of hydrogen-bond donors (Lipinski definition) is 1. The van der Waals surface area contributed by atoms with Crippen molar-refractivity contribution in [2.75, 3.05) is 47.5 Å². The quantitative estimate of drug-likeness (QED) is 0.0212. The Morgan fingerprint density at radius 3 is 1.39 bits per heavy atom. The maximum Gasteiger partial charge on any atom is 0.472 e. The van der Waals surface area contributed by atoms with Gasteiger partial charge in [0.2, 0.25) is 0 Å². The summed E-state index contributed by atoms with van der Waals surface area (Å²) < 4.78 is 34.4. The molecule has 360 valence electrons. The van der Waals surface area contributed by atoms with Crippen molar-refractivity contribution in [3.8, 4) is 0 Å². The topological polar surface area (TPSA) is 108 Å². The molecule has 0 aliphatic heterocycles. The van der Waals surface area contributed by atoms with Crippen molar-refractivity contribution in [2.45, 2.75) is 213 Å². The second-order valence-electron chi connectivity index (χ2n) is 17.8. The summed E-state index contributed by atoms with van der Waals surface area (Å²) >= 11 is 0. The van der Waals surface area contributed by atoms with Crippen molar-refractivity contribution in [3.05, 3.63) is 60.8 Å². The van der Waals surface area contributed by atoms with E-state index in [2.05, 4.69) is 74.6 Å². The molecule has 2 atom stereocenters. The fourth-order valence-electron chi connectivity index (χ4n) is 6.59. The van der Waals surface area contributed by atoms with Crippen molar-refractivity contribution in [1.29, 1.82) is 0 Å². The van der Waals surface area contributed by atoms with Crippen molar-refractivity contribution >= 4 is 19.8 Å². The van der Waals surface area contributed by atoms with Gasteiger partial charge in [-0.3, -0.25) is 18.6 Å². The van der Waals surface area contributed by atoms with E-state index in [1.807, 2.05) is 21.1 Å². The number of allylic oxidation sites excluding steroid dienone is 10. The third-order valence-electron chi connectivity index (χ3n) is 10.5. The summed E-state index contributed by atoms with van der Waals surface area (Å²) in [6.07, 6.45) is 54.2. The molecule has 0 fully saturated rings. The van der Waals surface area contributed by atoms with E-state index < -0.39 is 32.5 Å². The van der Waals surface area contributed by atoms with Crippen LogP contribution < -0.4 is 0 Å². The smallest absolute Gasteiger partial charge is 0.462 e. The Bertz CT molecular complexity index is 1240. The van der Waals surface area contributed by atoms with E-state index in [0.29, 0.717) is 23.9 Å². The van der Waals surface area contributed by atoms with Crippen LogP contribution in [-0.2, 0) is 32.7 Å². The molecule has 0 aromatic carbocycles. The summed E-state index contributed by atoms with van der Waals surface area (Å²) in [5.74, 6) is -0.864. The standard InChI is InChI=1S/C52H94NO8P/c1-6-8-10-12-14-16-18-20-22-24-25-26-27-29-31-33-35-37-39-41-43-45-52(55)61-50(49-60-62(56,57)59-47-46-53(3,4)5)48-58-51(54)44-42-40-38-36-34-32-30-28-23-21-19-17-15-13-11-9-7-2/h15,17,20-23,30,32,36,38,50H,6-14,16,18-19,24-29,31,33-35,37,39-49H2,1-5H3/p+1/b17-15-,22-20-,23-21-,32-30-,38-36-/t50-/m1/s1. The zero-order valence-electron chi connectivity index (χ0n) is 40.6. The highest BCUT2D eigenvalue weighted by atomic mass is 31.2. The molecule has 0 saturated carbocycles. The van der Waals surface area contributed by atoms with Gasteiger partial charge in [-0.25, -0.2) is 4.57 Å². The molecule has 10 heteroatoms. The van der Waals surface area contributed by atoms with Gasteiger partial charge in [0.1, 0.15) is 19.8 Å². The van der Waals surface area contributed by atoms with Crippen molar-refractivity contribution in [2.24, 2.45) is 0 Å². The summed E-state index contributed by atoms with van der Waals surface area (Å²) in [4.78, 5) is 35.5. The predicted molar refractivity (Wildman–Crippen MR) is 261 cm³/mol.